The predicted octanol–water partition coefficient (Wildman–Crippen LogP) is 0.290. The van der Waals surface area contributed by atoms with Gasteiger partial charge in [0.1, 0.15) is 0 Å². The van der Waals surface area contributed by atoms with Crippen LogP contribution < -0.4 is 5.32 Å². The maximum atomic E-state index is 10.6. The smallest absolute Gasteiger partial charge is 0.317 e. The van der Waals surface area contributed by atoms with Crippen LogP contribution in [0.1, 0.15) is 5.56 Å². The van der Waals surface area contributed by atoms with Crippen molar-refractivity contribution in [1.29, 1.82) is 0 Å². The van der Waals surface area contributed by atoms with Crippen molar-refractivity contribution in [2.75, 3.05) is 13.2 Å². The van der Waals surface area contributed by atoms with Crippen LogP contribution in [-0.2, 0) is 6.54 Å². The Bertz CT molecular complexity index is 476. The van der Waals surface area contributed by atoms with Crippen LogP contribution in [0.25, 0.3) is 0 Å². The average Bonchev–Trinajstić information content (AvgIpc) is 2.30. The van der Waals surface area contributed by atoms with Crippen LogP contribution in [0.4, 0.5) is 11.4 Å². The van der Waals surface area contributed by atoms with Crippen molar-refractivity contribution >= 4 is 11.4 Å². The van der Waals surface area contributed by atoms with Gasteiger partial charge in [-0.05, 0) is 0 Å². The van der Waals surface area contributed by atoms with Gasteiger partial charge in [-0.25, -0.2) is 0 Å². The van der Waals surface area contributed by atoms with Crippen LogP contribution in [0, 0.1) is 20.2 Å². The SMILES string of the molecule is O=[N+]([O-])c1cc(CNCCO)c(O)c([N+](=O)[O-])c1. The second-order valence-electron chi connectivity index (χ2n) is 3.39. The predicted molar refractivity (Wildman–Crippen MR) is 60.2 cm³/mol. The van der Waals surface area contributed by atoms with E-state index in [1.807, 2.05) is 0 Å². The molecule has 0 spiro atoms. The summed E-state index contributed by atoms with van der Waals surface area (Å²) < 4.78 is 0. The van der Waals surface area contributed by atoms with E-state index in [-0.39, 0.29) is 25.3 Å². The quantitative estimate of drug-likeness (QED) is 0.378. The summed E-state index contributed by atoms with van der Waals surface area (Å²) in [7, 11) is 0. The van der Waals surface area contributed by atoms with Crippen molar-refractivity contribution in [3.63, 3.8) is 0 Å². The van der Waals surface area contributed by atoms with Crippen LogP contribution in [0.5, 0.6) is 5.75 Å². The molecule has 0 aliphatic rings. The molecule has 0 aromatic heterocycles. The van der Waals surface area contributed by atoms with E-state index in [1.54, 1.807) is 0 Å². The topological polar surface area (TPSA) is 139 Å². The minimum absolute atomic E-state index is 0.0189. The Balaban J connectivity index is 3.14. The number of nitrogens with one attached hydrogen (secondary N) is 1. The van der Waals surface area contributed by atoms with Crippen molar-refractivity contribution in [2.24, 2.45) is 0 Å². The largest absolute Gasteiger partial charge is 0.502 e. The Labute approximate surface area is 101 Å². The Morgan fingerprint density at radius 2 is 1.89 bits per heavy atom. The highest BCUT2D eigenvalue weighted by atomic mass is 16.6. The normalized spacial score (nSPS) is 10.3. The van der Waals surface area contributed by atoms with E-state index < -0.39 is 27.0 Å². The van der Waals surface area contributed by atoms with Gasteiger partial charge < -0.3 is 15.5 Å². The first-order valence-corrected chi connectivity index (χ1v) is 4.93. The van der Waals surface area contributed by atoms with Crippen LogP contribution in [0.15, 0.2) is 12.1 Å². The zero-order valence-corrected chi connectivity index (χ0v) is 9.20. The van der Waals surface area contributed by atoms with Gasteiger partial charge in [0.05, 0.1) is 22.5 Å². The molecule has 3 N–H and O–H groups in total. The molecule has 0 bridgehead atoms. The lowest BCUT2D eigenvalue weighted by Crippen LogP contribution is -2.17. The van der Waals surface area contributed by atoms with E-state index in [1.165, 1.54) is 0 Å². The molecule has 0 amide bonds. The number of rotatable bonds is 6. The molecule has 0 unspecified atom stereocenters. The lowest BCUT2D eigenvalue weighted by molar-refractivity contribution is -0.394. The molecule has 0 radical (unpaired) electrons. The Morgan fingerprint density at radius 3 is 2.39 bits per heavy atom. The third kappa shape index (κ3) is 3.12. The van der Waals surface area contributed by atoms with E-state index >= 15 is 0 Å². The van der Waals surface area contributed by atoms with Gasteiger partial charge in [0.15, 0.2) is 5.75 Å². The number of aliphatic hydroxyl groups excluding tert-OH is 1. The molecule has 18 heavy (non-hydrogen) atoms. The first kappa shape index (κ1) is 13.8. The van der Waals surface area contributed by atoms with Crippen LogP contribution in [0.2, 0.25) is 0 Å². The summed E-state index contributed by atoms with van der Waals surface area (Å²) >= 11 is 0. The second-order valence-corrected chi connectivity index (χ2v) is 3.39. The third-order valence-electron chi connectivity index (χ3n) is 2.17. The Morgan fingerprint density at radius 1 is 1.22 bits per heavy atom. The monoisotopic (exact) mass is 257 g/mol. The molecule has 1 rings (SSSR count). The summed E-state index contributed by atoms with van der Waals surface area (Å²) in [5.41, 5.74) is -1.16. The molecule has 0 aliphatic heterocycles. The number of aromatic hydroxyl groups is 1. The number of nitro groups is 2. The van der Waals surface area contributed by atoms with Gasteiger partial charge >= 0.3 is 5.69 Å². The van der Waals surface area contributed by atoms with Gasteiger partial charge in [-0.3, -0.25) is 20.2 Å². The number of aliphatic hydroxyl groups is 1. The Kier molecular flexibility index (Phi) is 4.52. The van der Waals surface area contributed by atoms with Gasteiger partial charge in [-0.1, -0.05) is 0 Å². The number of phenols is 1. The van der Waals surface area contributed by atoms with Crippen LogP contribution in [-0.4, -0.2) is 33.2 Å². The number of phenolic OH excluding ortho intramolecular Hbond substituents is 1. The highest BCUT2D eigenvalue weighted by Gasteiger charge is 2.23. The minimum atomic E-state index is -0.891. The third-order valence-corrected chi connectivity index (χ3v) is 2.17. The molecular weight excluding hydrogens is 246 g/mol. The number of benzene rings is 1. The summed E-state index contributed by atoms with van der Waals surface area (Å²) in [6.45, 7) is 0.0304. The van der Waals surface area contributed by atoms with E-state index in [0.29, 0.717) is 6.07 Å². The molecule has 0 atom stereocenters. The first-order chi connectivity index (χ1) is 8.47. The molecule has 98 valence electrons. The van der Waals surface area contributed by atoms with Gasteiger partial charge in [0.2, 0.25) is 0 Å². The fourth-order valence-corrected chi connectivity index (χ4v) is 1.34. The van der Waals surface area contributed by atoms with Gasteiger partial charge in [-0.15, -0.1) is 0 Å². The zero-order valence-electron chi connectivity index (χ0n) is 9.20. The summed E-state index contributed by atoms with van der Waals surface area (Å²) in [4.78, 5) is 19.6. The van der Waals surface area contributed by atoms with Crippen molar-refractivity contribution in [2.45, 2.75) is 6.54 Å². The summed E-state index contributed by atoms with van der Waals surface area (Å²) in [6.07, 6.45) is 0. The van der Waals surface area contributed by atoms with Crippen molar-refractivity contribution in [1.82, 2.24) is 5.32 Å². The molecule has 0 saturated carbocycles. The highest BCUT2D eigenvalue weighted by molar-refractivity contribution is 5.57. The summed E-state index contributed by atoms with van der Waals surface area (Å²) in [5.74, 6) is -0.615. The van der Waals surface area contributed by atoms with E-state index in [4.69, 9.17) is 5.11 Å². The maximum absolute atomic E-state index is 10.6. The zero-order chi connectivity index (χ0) is 13.7. The standard InChI is InChI=1S/C9H11N3O6/c13-2-1-10-5-6-3-7(11(15)16)4-8(9(6)14)12(17)18/h3-4,10,13-14H,1-2,5H2. The molecule has 0 aliphatic carbocycles. The minimum Gasteiger partial charge on any atom is -0.502 e. The molecule has 0 saturated heterocycles. The molecule has 0 fully saturated rings. The molecule has 1 aromatic carbocycles. The average molecular weight is 257 g/mol. The lowest BCUT2D eigenvalue weighted by Gasteiger charge is -2.06. The van der Waals surface area contributed by atoms with E-state index in [2.05, 4.69) is 5.32 Å². The van der Waals surface area contributed by atoms with Crippen LogP contribution in [0.3, 0.4) is 0 Å². The first-order valence-electron chi connectivity index (χ1n) is 4.93. The fourth-order valence-electron chi connectivity index (χ4n) is 1.34. The van der Waals surface area contributed by atoms with Crippen molar-refractivity contribution in [3.8, 4) is 5.75 Å². The van der Waals surface area contributed by atoms with Gasteiger partial charge in [0.25, 0.3) is 5.69 Å². The molecular formula is C9H11N3O6. The Hall–Kier alpha value is -2.26. The molecule has 9 nitrogen and oxygen atoms in total. The molecule has 9 heteroatoms. The van der Waals surface area contributed by atoms with Gasteiger partial charge in [-0.2, -0.15) is 0 Å². The highest BCUT2D eigenvalue weighted by Crippen LogP contribution is 2.34. The van der Waals surface area contributed by atoms with E-state index in [9.17, 15) is 25.3 Å². The summed E-state index contributed by atoms with van der Waals surface area (Å²) in [6, 6.07) is 1.75. The fraction of sp³-hybridized carbons (Fsp3) is 0.333. The van der Waals surface area contributed by atoms with Crippen molar-refractivity contribution < 1.29 is 20.1 Å². The number of hydrogen-bond acceptors (Lipinski definition) is 7. The van der Waals surface area contributed by atoms with Crippen LogP contribution >= 0.6 is 0 Å². The van der Waals surface area contributed by atoms with Gasteiger partial charge in [0, 0.05) is 24.7 Å². The summed E-state index contributed by atoms with van der Waals surface area (Å²) in [5, 5.41) is 42.1. The van der Waals surface area contributed by atoms with E-state index in [0.717, 1.165) is 6.07 Å². The number of hydrogen-bond donors (Lipinski definition) is 3. The second kappa shape index (κ2) is 5.89. The number of nitrogens with zero attached hydrogens (tertiary/aromatic N) is 2. The van der Waals surface area contributed by atoms with Crippen molar-refractivity contribution in [3.05, 3.63) is 37.9 Å². The molecule has 1 aromatic rings. The maximum Gasteiger partial charge on any atom is 0.317 e. The number of non-ortho nitro benzene ring substituents is 1. The lowest BCUT2D eigenvalue weighted by atomic mass is 10.1. The number of nitro benzene ring substituents is 2. The molecule has 0 heterocycles.